The van der Waals surface area contributed by atoms with Gasteiger partial charge in [-0.1, -0.05) is 6.08 Å². The summed E-state index contributed by atoms with van der Waals surface area (Å²) in [6, 6.07) is 7.87. The van der Waals surface area contributed by atoms with Crippen LogP contribution in [0.3, 0.4) is 0 Å². The van der Waals surface area contributed by atoms with E-state index in [4.69, 9.17) is 4.42 Å². The van der Waals surface area contributed by atoms with Gasteiger partial charge in [0, 0.05) is 50.7 Å². The smallest absolute Gasteiger partial charge is 0.153 e. The fourth-order valence-corrected chi connectivity index (χ4v) is 5.98. The lowest BCUT2D eigenvalue weighted by Gasteiger charge is -2.43. The molecule has 0 spiro atoms. The van der Waals surface area contributed by atoms with Crippen molar-refractivity contribution in [3.8, 4) is 0 Å². The number of rotatable bonds is 5. The van der Waals surface area contributed by atoms with E-state index < -0.39 is 9.84 Å². The minimum atomic E-state index is -2.99. The molecule has 138 valence electrons. The van der Waals surface area contributed by atoms with Crippen LogP contribution in [0.4, 0.5) is 0 Å². The van der Waals surface area contributed by atoms with Crippen LogP contribution in [0.25, 0.3) is 6.08 Å². The Labute approximate surface area is 154 Å². The van der Waals surface area contributed by atoms with E-state index in [9.17, 15) is 8.42 Å². The third-order valence-electron chi connectivity index (χ3n) is 5.21. The first-order valence-electron chi connectivity index (χ1n) is 8.88. The molecule has 0 saturated carbocycles. The van der Waals surface area contributed by atoms with Crippen molar-refractivity contribution in [2.45, 2.75) is 18.6 Å². The van der Waals surface area contributed by atoms with Crippen LogP contribution in [0.15, 0.2) is 53.4 Å². The summed E-state index contributed by atoms with van der Waals surface area (Å²) >= 11 is 0. The maximum atomic E-state index is 12.3. The van der Waals surface area contributed by atoms with Gasteiger partial charge in [0.05, 0.1) is 17.8 Å². The number of fused-ring (bicyclic) bond motifs is 1. The highest BCUT2D eigenvalue weighted by Gasteiger charge is 2.46. The molecule has 0 aromatic carbocycles. The molecular formula is C19H23N3O3S. The Hall–Kier alpha value is -1.96. The zero-order chi connectivity index (χ0) is 18.0. The average Bonchev–Trinajstić information content (AvgIpc) is 3.24. The number of hydrogen-bond acceptors (Lipinski definition) is 6. The van der Waals surface area contributed by atoms with Crippen LogP contribution in [-0.2, 0) is 16.4 Å². The standard InChI is InChI=1S/C19H23N3O3S/c23-26(24)14-18-19(15-26)22(13-16-5-7-20-8-6-16)11-10-21(18)9-1-3-17-4-2-12-25-17/h1-8,12,18-19H,9-11,13-15H2/t18-,19+/m0/s1. The van der Waals surface area contributed by atoms with Crippen molar-refractivity contribution < 1.29 is 12.8 Å². The first kappa shape index (κ1) is 17.5. The van der Waals surface area contributed by atoms with Gasteiger partial charge in [-0.05, 0) is 35.9 Å². The minimum Gasteiger partial charge on any atom is -0.465 e. The summed E-state index contributed by atoms with van der Waals surface area (Å²) in [4.78, 5) is 8.66. The molecule has 2 saturated heterocycles. The predicted octanol–water partition coefficient (Wildman–Crippen LogP) is 1.67. The van der Waals surface area contributed by atoms with Gasteiger partial charge in [0.15, 0.2) is 9.84 Å². The SMILES string of the molecule is O=S1(=O)C[C@@H]2[C@H](C1)N(CC=Cc1ccco1)CCN2Cc1ccncc1. The van der Waals surface area contributed by atoms with Crippen molar-refractivity contribution in [2.75, 3.05) is 31.1 Å². The molecule has 6 nitrogen and oxygen atoms in total. The van der Waals surface area contributed by atoms with Gasteiger partial charge in [-0.3, -0.25) is 14.8 Å². The Bertz CT molecular complexity index is 849. The third-order valence-corrected chi connectivity index (χ3v) is 6.91. The van der Waals surface area contributed by atoms with Gasteiger partial charge < -0.3 is 4.42 Å². The van der Waals surface area contributed by atoms with Gasteiger partial charge in [0.1, 0.15) is 5.76 Å². The molecule has 0 bridgehead atoms. The van der Waals surface area contributed by atoms with E-state index in [1.165, 1.54) is 5.56 Å². The molecule has 2 fully saturated rings. The topological polar surface area (TPSA) is 66.7 Å². The van der Waals surface area contributed by atoms with Crippen molar-refractivity contribution in [1.29, 1.82) is 0 Å². The fourth-order valence-electron chi connectivity index (χ4n) is 3.93. The summed E-state index contributed by atoms with van der Waals surface area (Å²) in [6.45, 7) is 3.24. The van der Waals surface area contributed by atoms with E-state index in [-0.39, 0.29) is 23.6 Å². The van der Waals surface area contributed by atoms with E-state index in [2.05, 4.69) is 20.9 Å². The molecule has 7 heteroatoms. The largest absolute Gasteiger partial charge is 0.465 e. The van der Waals surface area contributed by atoms with E-state index in [0.29, 0.717) is 0 Å². The van der Waals surface area contributed by atoms with Crippen LogP contribution in [0.1, 0.15) is 11.3 Å². The third kappa shape index (κ3) is 3.90. The summed E-state index contributed by atoms with van der Waals surface area (Å²) in [5, 5.41) is 0. The second-order valence-electron chi connectivity index (χ2n) is 6.95. The summed E-state index contributed by atoms with van der Waals surface area (Å²) in [6.07, 6.45) is 9.22. The number of piperazine rings is 1. The maximum absolute atomic E-state index is 12.3. The van der Waals surface area contributed by atoms with Gasteiger partial charge in [0.25, 0.3) is 0 Å². The molecule has 2 aliphatic rings. The lowest BCUT2D eigenvalue weighted by Crippen LogP contribution is -2.58. The van der Waals surface area contributed by atoms with Gasteiger partial charge in [-0.25, -0.2) is 8.42 Å². The zero-order valence-electron chi connectivity index (χ0n) is 14.6. The van der Waals surface area contributed by atoms with E-state index in [0.717, 1.165) is 31.9 Å². The summed E-state index contributed by atoms with van der Waals surface area (Å²) in [7, 11) is -2.99. The molecule has 0 unspecified atom stereocenters. The highest BCUT2D eigenvalue weighted by molar-refractivity contribution is 7.91. The number of pyridine rings is 1. The Morgan fingerprint density at radius 1 is 1.12 bits per heavy atom. The van der Waals surface area contributed by atoms with Gasteiger partial charge >= 0.3 is 0 Å². The van der Waals surface area contributed by atoms with Crippen LogP contribution < -0.4 is 0 Å². The maximum Gasteiger partial charge on any atom is 0.153 e. The molecular weight excluding hydrogens is 350 g/mol. The molecule has 26 heavy (non-hydrogen) atoms. The van der Waals surface area contributed by atoms with Gasteiger partial charge in [-0.15, -0.1) is 0 Å². The lowest BCUT2D eigenvalue weighted by atomic mass is 10.0. The average molecular weight is 373 g/mol. The first-order valence-corrected chi connectivity index (χ1v) is 10.7. The second-order valence-corrected chi connectivity index (χ2v) is 9.10. The minimum absolute atomic E-state index is 0.0526. The molecule has 2 aromatic rings. The van der Waals surface area contributed by atoms with Crippen molar-refractivity contribution in [1.82, 2.24) is 14.8 Å². The number of sulfone groups is 1. The lowest BCUT2D eigenvalue weighted by molar-refractivity contribution is 0.0480. The number of nitrogens with zero attached hydrogens (tertiary/aromatic N) is 3. The predicted molar refractivity (Wildman–Crippen MR) is 100 cm³/mol. The number of furan rings is 1. The highest BCUT2D eigenvalue weighted by Crippen LogP contribution is 2.28. The summed E-state index contributed by atoms with van der Waals surface area (Å²) < 4.78 is 29.9. The van der Waals surface area contributed by atoms with Crippen LogP contribution in [0.5, 0.6) is 0 Å². The van der Waals surface area contributed by atoms with E-state index in [1.807, 2.05) is 30.3 Å². The first-order chi connectivity index (χ1) is 12.6. The van der Waals surface area contributed by atoms with Crippen molar-refractivity contribution >= 4 is 15.9 Å². The molecule has 0 radical (unpaired) electrons. The Kier molecular flexibility index (Phi) is 4.93. The Morgan fingerprint density at radius 3 is 2.58 bits per heavy atom. The molecule has 0 N–H and O–H groups in total. The van der Waals surface area contributed by atoms with E-state index in [1.54, 1.807) is 18.7 Å². The highest BCUT2D eigenvalue weighted by atomic mass is 32.2. The monoisotopic (exact) mass is 373 g/mol. The van der Waals surface area contributed by atoms with Gasteiger partial charge in [0.2, 0.25) is 0 Å². The molecule has 4 rings (SSSR count). The second kappa shape index (κ2) is 7.34. The Morgan fingerprint density at radius 2 is 1.85 bits per heavy atom. The normalized spacial score (nSPS) is 26.3. The molecule has 2 atom stereocenters. The molecule has 2 aliphatic heterocycles. The van der Waals surface area contributed by atoms with Crippen LogP contribution in [0.2, 0.25) is 0 Å². The summed E-state index contributed by atoms with van der Waals surface area (Å²) in [5.74, 6) is 1.32. The quantitative estimate of drug-likeness (QED) is 0.794. The molecule has 0 amide bonds. The van der Waals surface area contributed by atoms with Crippen molar-refractivity contribution in [3.63, 3.8) is 0 Å². The molecule has 2 aromatic heterocycles. The molecule has 0 aliphatic carbocycles. The van der Waals surface area contributed by atoms with Gasteiger partial charge in [-0.2, -0.15) is 0 Å². The zero-order valence-corrected chi connectivity index (χ0v) is 15.4. The van der Waals surface area contributed by atoms with Crippen LogP contribution in [0, 0.1) is 0 Å². The number of hydrogen-bond donors (Lipinski definition) is 0. The number of aromatic nitrogens is 1. The summed E-state index contributed by atoms with van der Waals surface area (Å²) in [5.41, 5.74) is 1.18. The van der Waals surface area contributed by atoms with Crippen LogP contribution >= 0.6 is 0 Å². The van der Waals surface area contributed by atoms with E-state index >= 15 is 0 Å². The van der Waals surface area contributed by atoms with Crippen LogP contribution in [-0.4, -0.2) is 66.4 Å². The van der Waals surface area contributed by atoms with Crippen molar-refractivity contribution in [2.24, 2.45) is 0 Å². The fraction of sp³-hybridized carbons (Fsp3) is 0.421. The van der Waals surface area contributed by atoms with Crippen molar-refractivity contribution in [3.05, 3.63) is 60.3 Å². The molecule has 4 heterocycles. The Balaban J connectivity index is 1.46.